The third kappa shape index (κ3) is 6.08. The van der Waals surface area contributed by atoms with E-state index in [1.807, 2.05) is 13.8 Å². The van der Waals surface area contributed by atoms with Gasteiger partial charge in [-0.05, 0) is 72.2 Å². The molecule has 2 aromatic rings. The fourth-order valence-corrected chi connectivity index (χ4v) is 4.72. The minimum Gasteiger partial charge on any atom is -0.490 e. The van der Waals surface area contributed by atoms with Crippen molar-refractivity contribution in [3.05, 3.63) is 29.5 Å². The molecule has 4 rings (SSSR count). The summed E-state index contributed by atoms with van der Waals surface area (Å²) in [5, 5.41) is 4.35. The number of nitrogens with one attached hydrogen (secondary N) is 1. The number of carbonyl (C=O) groups excluding carboxylic acids is 2. The fourth-order valence-electron chi connectivity index (χ4n) is 4.72. The Labute approximate surface area is 212 Å². The second-order valence-corrected chi connectivity index (χ2v) is 10.2. The van der Waals surface area contributed by atoms with Gasteiger partial charge in [0.15, 0.2) is 0 Å². The van der Waals surface area contributed by atoms with Crippen molar-refractivity contribution in [2.24, 2.45) is 11.7 Å². The Kier molecular flexibility index (Phi) is 8.00. The van der Waals surface area contributed by atoms with Gasteiger partial charge in [-0.15, -0.1) is 0 Å². The van der Waals surface area contributed by atoms with Crippen LogP contribution in [0.3, 0.4) is 0 Å². The first-order valence-corrected chi connectivity index (χ1v) is 12.8. The van der Waals surface area contributed by atoms with Crippen molar-refractivity contribution in [2.45, 2.75) is 71.6 Å². The van der Waals surface area contributed by atoms with E-state index >= 15 is 0 Å². The van der Waals surface area contributed by atoms with Crippen molar-refractivity contribution >= 4 is 22.6 Å². The maximum absolute atomic E-state index is 12.3. The summed E-state index contributed by atoms with van der Waals surface area (Å²) in [6.07, 6.45) is 4.83. The SMILES string of the molecule is CC(C)Oc1cc2c(OCC3CCC(=O)N3)ncc(C#CC3CCN(C(C)C)CC3)c2cc1C(N)=O. The van der Waals surface area contributed by atoms with Crippen LogP contribution in [0.1, 0.15) is 69.3 Å². The lowest BCUT2D eigenvalue weighted by atomic mass is 9.95. The molecule has 3 heterocycles. The molecule has 2 fully saturated rings. The van der Waals surface area contributed by atoms with E-state index in [0.717, 1.165) is 43.3 Å². The lowest BCUT2D eigenvalue weighted by molar-refractivity contribution is -0.119. The van der Waals surface area contributed by atoms with Gasteiger partial charge in [-0.2, -0.15) is 0 Å². The van der Waals surface area contributed by atoms with Crippen molar-refractivity contribution in [3.8, 4) is 23.5 Å². The summed E-state index contributed by atoms with van der Waals surface area (Å²) in [6, 6.07) is 3.98. The first-order chi connectivity index (χ1) is 17.2. The third-order valence-corrected chi connectivity index (χ3v) is 6.76. The van der Waals surface area contributed by atoms with Crippen LogP contribution >= 0.6 is 0 Å². The van der Waals surface area contributed by atoms with Gasteiger partial charge in [-0.1, -0.05) is 11.8 Å². The Morgan fingerprint density at radius 2 is 1.94 bits per heavy atom. The first kappa shape index (κ1) is 25.8. The second-order valence-electron chi connectivity index (χ2n) is 10.2. The number of rotatable bonds is 7. The summed E-state index contributed by atoms with van der Waals surface area (Å²) in [5.41, 5.74) is 6.72. The normalized spacial score (nSPS) is 18.8. The number of pyridine rings is 1. The van der Waals surface area contributed by atoms with E-state index in [2.05, 4.69) is 40.9 Å². The van der Waals surface area contributed by atoms with E-state index in [-0.39, 0.29) is 18.1 Å². The number of aromatic nitrogens is 1. The molecule has 1 atom stereocenters. The second kappa shape index (κ2) is 11.2. The monoisotopic (exact) mass is 492 g/mol. The molecule has 1 aromatic carbocycles. The van der Waals surface area contributed by atoms with Crippen molar-refractivity contribution in [1.82, 2.24) is 15.2 Å². The highest BCUT2D eigenvalue weighted by atomic mass is 16.5. The number of nitrogens with zero attached hydrogens (tertiary/aromatic N) is 2. The van der Waals surface area contributed by atoms with Gasteiger partial charge in [-0.3, -0.25) is 9.59 Å². The number of benzene rings is 1. The van der Waals surface area contributed by atoms with Crippen LogP contribution in [0.5, 0.6) is 11.6 Å². The summed E-state index contributed by atoms with van der Waals surface area (Å²) in [6.45, 7) is 10.6. The minimum atomic E-state index is -0.569. The fraction of sp³-hybridized carbons (Fsp3) is 0.536. The summed E-state index contributed by atoms with van der Waals surface area (Å²) in [5.74, 6) is 7.33. The Balaban J connectivity index is 1.68. The number of hydrogen-bond acceptors (Lipinski definition) is 6. The largest absolute Gasteiger partial charge is 0.490 e. The van der Waals surface area contributed by atoms with E-state index in [1.165, 1.54) is 0 Å². The maximum Gasteiger partial charge on any atom is 0.252 e. The molecule has 3 N–H and O–H groups in total. The first-order valence-electron chi connectivity index (χ1n) is 12.8. The topological polar surface area (TPSA) is 107 Å². The summed E-state index contributed by atoms with van der Waals surface area (Å²) >= 11 is 0. The van der Waals surface area contributed by atoms with Crippen LogP contribution in [0.25, 0.3) is 10.8 Å². The zero-order valence-corrected chi connectivity index (χ0v) is 21.6. The number of ether oxygens (including phenoxy) is 2. The molecule has 1 unspecified atom stereocenters. The molecule has 0 bridgehead atoms. The van der Waals surface area contributed by atoms with Crippen molar-refractivity contribution in [2.75, 3.05) is 19.7 Å². The lowest BCUT2D eigenvalue weighted by Crippen LogP contribution is -2.38. The summed E-state index contributed by atoms with van der Waals surface area (Å²) < 4.78 is 11.9. The molecule has 8 nitrogen and oxygen atoms in total. The molecule has 0 aliphatic carbocycles. The number of likely N-dealkylation sites (tertiary alicyclic amines) is 1. The van der Waals surface area contributed by atoms with Gasteiger partial charge < -0.3 is 25.4 Å². The third-order valence-electron chi connectivity index (χ3n) is 6.76. The van der Waals surface area contributed by atoms with E-state index in [1.54, 1.807) is 18.3 Å². The summed E-state index contributed by atoms with van der Waals surface area (Å²) in [7, 11) is 0. The number of hydrogen-bond donors (Lipinski definition) is 2. The molecular formula is C28H36N4O4. The molecule has 2 aliphatic rings. The smallest absolute Gasteiger partial charge is 0.252 e. The van der Waals surface area contributed by atoms with Crippen LogP contribution in [0.4, 0.5) is 0 Å². The van der Waals surface area contributed by atoms with E-state index in [0.29, 0.717) is 47.6 Å². The highest BCUT2D eigenvalue weighted by molar-refractivity contribution is 6.03. The van der Waals surface area contributed by atoms with Crippen LogP contribution in [0, 0.1) is 17.8 Å². The van der Waals surface area contributed by atoms with Crippen LogP contribution < -0.4 is 20.5 Å². The van der Waals surface area contributed by atoms with Gasteiger partial charge in [0.1, 0.15) is 12.4 Å². The molecule has 2 saturated heterocycles. The average molecular weight is 493 g/mol. The summed E-state index contributed by atoms with van der Waals surface area (Å²) in [4.78, 5) is 30.9. The lowest BCUT2D eigenvalue weighted by Gasteiger charge is -2.32. The van der Waals surface area contributed by atoms with Gasteiger partial charge in [0.2, 0.25) is 11.8 Å². The molecule has 192 valence electrons. The Morgan fingerprint density at radius 3 is 2.56 bits per heavy atom. The zero-order valence-electron chi connectivity index (χ0n) is 21.6. The minimum absolute atomic E-state index is 0.0324. The number of amides is 2. The standard InChI is InChI=1S/C28H36N4O4/c1-17(2)32-11-9-19(10-12-32)5-6-20-15-30-28(35-16-21-7-8-26(33)31-21)23-14-25(36-18(3)4)24(27(29)34)13-22(20)23/h13-15,17-19,21H,7-12,16H2,1-4H3,(H2,29,34)(H,31,33). The molecule has 0 radical (unpaired) electrons. The predicted octanol–water partition coefficient (Wildman–Crippen LogP) is 3.25. The zero-order chi connectivity index (χ0) is 25.8. The molecule has 36 heavy (non-hydrogen) atoms. The van der Waals surface area contributed by atoms with Crippen molar-refractivity contribution < 1.29 is 19.1 Å². The van der Waals surface area contributed by atoms with Crippen LogP contribution in [-0.4, -0.2) is 59.6 Å². The van der Waals surface area contributed by atoms with Crippen molar-refractivity contribution in [3.63, 3.8) is 0 Å². The Hall–Kier alpha value is -3.31. The number of primary amides is 1. The predicted molar refractivity (Wildman–Crippen MR) is 139 cm³/mol. The molecule has 0 saturated carbocycles. The quantitative estimate of drug-likeness (QED) is 0.575. The molecule has 2 amide bonds. The highest BCUT2D eigenvalue weighted by Gasteiger charge is 2.23. The molecule has 1 aromatic heterocycles. The molecule has 8 heteroatoms. The van der Waals surface area contributed by atoms with E-state index in [9.17, 15) is 9.59 Å². The molecule has 0 spiro atoms. The number of carbonyl (C=O) groups is 2. The van der Waals surface area contributed by atoms with Gasteiger partial charge >= 0.3 is 0 Å². The van der Waals surface area contributed by atoms with Crippen molar-refractivity contribution in [1.29, 1.82) is 0 Å². The van der Waals surface area contributed by atoms with Crippen LogP contribution in [0.15, 0.2) is 18.3 Å². The van der Waals surface area contributed by atoms with Crippen LogP contribution in [0.2, 0.25) is 0 Å². The average Bonchev–Trinajstić information content (AvgIpc) is 3.26. The van der Waals surface area contributed by atoms with E-state index < -0.39 is 5.91 Å². The Morgan fingerprint density at radius 1 is 1.19 bits per heavy atom. The van der Waals surface area contributed by atoms with Gasteiger partial charge in [0, 0.05) is 35.3 Å². The number of fused-ring (bicyclic) bond motifs is 1. The highest BCUT2D eigenvalue weighted by Crippen LogP contribution is 2.34. The van der Waals surface area contributed by atoms with E-state index in [4.69, 9.17) is 15.2 Å². The number of nitrogens with two attached hydrogens (primary N) is 1. The number of piperidine rings is 1. The van der Waals surface area contributed by atoms with Gasteiger partial charge in [-0.25, -0.2) is 4.98 Å². The molecule has 2 aliphatic heterocycles. The van der Waals surface area contributed by atoms with Crippen LogP contribution in [-0.2, 0) is 4.79 Å². The molecular weight excluding hydrogens is 456 g/mol. The van der Waals surface area contributed by atoms with Gasteiger partial charge in [0.25, 0.3) is 5.91 Å². The maximum atomic E-state index is 12.3. The Bertz CT molecular complexity index is 1190. The van der Waals surface area contributed by atoms with Gasteiger partial charge in [0.05, 0.1) is 23.3 Å².